The smallest absolute Gasteiger partial charge is 0.410 e. The molecule has 1 N–H and O–H groups in total. The van der Waals surface area contributed by atoms with E-state index in [0.29, 0.717) is 24.0 Å². The van der Waals surface area contributed by atoms with Crippen LogP contribution in [0.25, 0.3) is 5.52 Å². The molecule has 1 aliphatic heterocycles. The van der Waals surface area contributed by atoms with E-state index >= 15 is 0 Å². The molecule has 1 saturated heterocycles. The van der Waals surface area contributed by atoms with Crippen LogP contribution in [0.1, 0.15) is 37.6 Å². The number of amides is 2. The summed E-state index contributed by atoms with van der Waals surface area (Å²) in [5.41, 5.74) is 0.368. The molecular weight excluding hydrogens is 419 g/mol. The van der Waals surface area contributed by atoms with E-state index in [4.69, 9.17) is 4.74 Å². The van der Waals surface area contributed by atoms with Crippen molar-refractivity contribution in [2.24, 2.45) is 0 Å². The maximum atomic E-state index is 14.6. The number of hydrogen-bond acceptors (Lipinski definition) is 4. The van der Waals surface area contributed by atoms with Gasteiger partial charge in [-0.05, 0) is 39.3 Å². The van der Waals surface area contributed by atoms with Gasteiger partial charge in [0.2, 0.25) is 0 Å². The van der Waals surface area contributed by atoms with Crippen LogP contribution in [0.4, 0.5) is 9.18 Å². The third-order valence-electron chi connectivity index (χ3n) is 4.24. The first-order chi connectivity index (χ1) is 12.6. The van der Waals surface area contributed by atoms with Crippen LogP contribution in [0.15, 0.2) is 29.0 Å². The number of carbonyl (C=O) groups excluding carboxylic acids is 2. The van der Waals surface area contributed by atoms with Crippen LogP contribution in [0.2, 0.25) is 0 Å². The Morgan fingerprint density at radius 2 is 2.15 bits per heavy atom. The van der Waals surface area contributed by atoms with Crippen molar-refractivity contribution >= 4 is 33.4 Å². The molecule has 3 rings (SSSR count). The maximum Gasteiger partial charge on any atom is 0.410 e. The van der Waals surface area contributed by atoms with Gasteiger partial charge in [0.1, 0.15) is 11.8 Å². The molecule has 0 spiro atoms. The standard InChI is InChI=1S/C18H22BrFN4O3/c1-18(2,3)27-17(26)23-6-5-14(13(20)10-23)22-16(25)12-9-21-24-7-4-11(19)8-15(12)24/h4,7-9,13-14H,5-6,10H2,1-3H3,(H,22,25)/t13-,14-/m1/s1. The maximum absolute atomic E-state index is 14.6. The first-order valence-corrected chi connectivity index (χ1v) is 9.49. The van der Waals surface area contributed by atoms with Crippen molar-refractivity contribution in [3.63, 3.8) is 0 Å². The van der Waals surface area contributed by atoms with Gasteiger partial charge in [0.15, 0.2) is 0 Å². The Labute approximate surface area is 165 Å². The number of alkyl halides is 1. The minimum absolute atomic E-state index is 0.111. The lowest BCUT2D eigenvalue weighted by atomic mass is 10.0. The largest absolute Gasteiger partial charge is 0.444 e. The number of fused-ring (bicyclic) bond motifs is 1. The van der Waals surface area contributed by atoms with Crippen molar-refractivity contribution in [1.29, 1.82) is 0 Å². The molecule has 1 aliphatic rings. The van der Waals surface area contributed by atoms with Gasteiger partial charge in [-0.2, -0.15) is 5.10 Å². The first kappa shape index (κ1) is 19.6. The molecular formula is C18H22BrFN4O3. The van der Waals surface area contributed by atoms with E-state index in [1.54, 1.807) is 37.5 Å². The molecule has 2 atom stereocenters. The molecule has 146 valence electrons. The number of pyridine rings is 1. The Balaban J connectivity index is 1.64. The molecule has 7 nitrogen and oxygen atoms in total. The molecule has 1 fully saturated rings. The van der Waals surface area contributed by atoms with E-state index in [1.807, 2.05) is 6.07 Å². The van der Waals surface area contributed by atoms with Gasteiger partial charge in [0.25, 0.3) is 5.91 Å². The summed E-state index contributed by atoms with van der Waals surface area (Å²) in [6.45, 7) is 5.50. The van der Waals surface area contributed by atoms with E-state index in [9.17, 15) is 14.0 Å². The minimum atomic E-state index is -1.37. The molecule has 0 aromatic carbocycles. The Kier molecular flexibility index (Phi) is 5.41. The summed E-state index contributed by atoms with van der Waals surface area (Å²) >= 11 is 3.37. The van der Waals surface area contributed by atoms with Crippen molar-refractivity contribution in [2.75, 3.05) is 13.1 Å². The lowest BCUT2D eigenvalue weighted by molar-refractivity contribution is 0.00972. The van der Waals surface area contributed by atoms with Crippen molar-refractivity contribution < 1.29 is 18.7 Å². The van der Waals surface area contributed by atoms with Gasteiger partial charge in [-0.25, -0.2) is 13.7 Å². The fourth-order valence-electron chi connectivity index (χ4n) is 2.94. The van der Waals surface area contributed by atoms with Crippen LogP contribution in [0.3, 0.4) is 0 Å². The van der Waals surface area contributed by atoms with Gasteiger partial charge in [-0.1, -0.05) is 15.9 Å². The highest BCUT2D eigenvalue weighted by Crippen LogP contribution is 2.20. The van der Waals surface area contributed by atoms with Crippen LogP contribution >= 0.6 is 15.9 Å². The zero-order chi connectivity index (χ0) is 19.8. The molecule has 2 amide bonds. The van der Waals surface area contributed by atoms with Gasteiger partial charge in [0.05, 0.1) is 29.9 Å². The first-order valence-electron chi connectivity index (χ1n) is 8.70. The van der Waals surface area contributed by atoms with Crippen molar-refractivity contribution in [2.45, 2.75) is 45.0 Å². The molecule has 0 saturated carbocycles. The topological polar surface area (TPSA) is 75.9 Å². The predicted molar refractivity (Wildman–Crippen MR) is 101 cm³/mol. The summed E-state index contributed by atoms with van der Waals surface area (Å²) in [6, 6.07) is 2.92. The highest BCUT2D eigenvalue weighted by molar-refractivity contribution is 9.10. The van der Waals surface area contributed by atoms with Gasteiger partial charge >= 0.3 is 6.09 Å². The lowest BCUT2D eigenvalue weighted by Crippen LogP contribution is -2.54. The van der Waals surface area contributed by atoms with Gasteiger partial charge in [0, 0.05) is 17.2 Å². The molecule has 27 heavy (non-hydrogen) atoms. The third-order valence-corrected chi connectivity index (χ3v) is 4.73. The zero-order valence-electron chi connectivity index (χ0n) is 15.4. The van der Waals surface area contributed by atoms with Gasteiger partial charge in [-0.15, -0.1) is 0 Å². The van der Waals surface area contributed by atoms with Gasteiger partial charge < -0.3 is 15.0 Å². The van der Waals surface area contributed by atoms with Crippen molar-refractivity contribution in [1.82, 2.24) is 19.8 Å². The number of piperidine rings is 1. The van der Waals surface area contributed by atoms with Crippen molar-refractivity contribution in [3.8, 4) is 0 Å². The number of ether oxygens (including phenoxy) is 1. The van der Waals surface area contributed by atoms with Gasteiger partial charge in [-0.3, -0.25) is 4.79 Å². The summed E-state index contributed by atoms with van der Waals surface area (Å²) in [5, 5.41) is 6.86. The predicted octanol–water partition coefficient (Wildman–Crippen LogP) is 3.17. The Hall–Kier alpha value is -2.16. The summed E-state index contributed by atoms with van der Waals surface area (Å²) in [5.74, 6) is -0.388. The van der Waals surface area contributed by atoms with Crippen LogP contribution in [-0.4, -0.2) is 57.4 Å². The number of carbonyl (C=O) groups is 2. The fraction of sp³-hybridized carbons (Fsp3) is 0.500. The summed E-state index contributed by atoms with van der Waals surface area (Å²) < 4.78 is 22.3. The zero-order valence-corrected chi connectivity index (χ0v) is 17.0. The van der Waals surface area contributed by atoms with Crippen LogP contribution in [-0.2, 0) is 4.74 Å². The number of halogens is 2. The Bertz CT molecular complexity index is 864. The van der Waals surface area contributed by atoms with Crippen LogP contribution in [0.5, 0.6) is 0 Å². The monoisotopic (exact) mass is 440 g/mol. The molecule has 0 radical (unpaired) electrons. The highest BCUT2D eigenvalue weighted by atomic mass is 79.9. The lowest BCUT2D eigenvalue weighted by Gasteiger charge is -2.35. The Morgan fingerprint density at radius 1 is 1.41 bits per heavy atom. The molecule has 9 heteroatoms. The number of nitrogens with one attached hydrogen (secondary N) is 1. The molecule has 0 bridgehead atoms. The fourth-order valence-corrected chi connectivity index (χ4v) is 3.27. The number of likely N-dealkylation sites (tertiary alicyclic amines) is 1. The van der Waals surface area contributed by atoms with E-state index < -0.39 is 23.9 Å². The van der Waals surface area contributed by atoms with E-state index in [1.165, 1.54) is 11.1 Å². The minimum Gasteiger partial charge on any atom is -0.444 e. The second kappa shape index (κ2) is 7.46. The van der Waals surface area contributed by atoms with E-state index in [0.717, 1.165) is 4.47 Å². The SMILES string of the molecule is CC(C)(C)OC(=O)N1CC[C@@H](NC(=O)c2cnn3ccc(Br)cc23)[C@H](F)C1. The highest BCUT2D eigenvalue weighted by Gasteiger charge is 2.34. The van der Waals surface area contributed by atoms with Crippen LogP contribution < -0.4 is 5.32 Å². The number of aromatic nitrogens is 2. The summed E-state index contributed by atoms with van der Waals surface area (Å²) in [6.07, 6.45) is 1.59. The molecule has 3 heterocycles. The summed E-state index contributed by atoms with van der Waals surface area (Å²) in [7, 11) is 0. The summed E-state index contributed by atoms with van der Waals surface area (Å²) in [4.78, 5) is 26.0. The normalized spacial score (nSPS) is 20.6. The molecule has 2 aromatic rings. The quantitative estimate of drug-likeness (QED) is 0.777. The number of nitrogens with zero attached hydrogens (tertiary/aromatic N) is 3. The molecule has 0 unspecified atom stereocenters. The second-order valence-corrected chi connectivity index (χ2v) is 8.46. The van der Waals surface area contributed by atoms with Crippen LogP contribution in [0, 0.1) is 0 Å². The van der Waals surface area contributed by atoms with E-state index in [-0.39, 0.29) is 12.5 Å². The average Bonchev–Trinajstić information content (AvgIpc) is 2.98. The number of rotatable bonds is 2. The third kappa shape index (κ3) is 4.58. The Morgan fingerprint density at radius 3 is 2.81 bits per heavy atom. The molecule has 2 aromatic heterocycles. The van der Waals surface area contributed by atoms with Crippen molar-refractivity contribution in [3.05, 3.63) is 34.6 Å². The average molecular weight is 441 g/mol. The number of hydrogen-bond donors (Lipinski definition) is 1. The second-order valence-electron chi connectivity index (χ2n) is 7.54. The van der Waals surface area contributed by atoms with E-state index in [2.05, 4.69) is 26.3 Å². The molecule has 0 aliphatic carbocycles.